The van der Waals surface area contributed by atoms with Crippen molar-refractivity contribution in [3.05, 3.63) is 29.6 Å². The van der Waals surface area contributed by atoms with Gasteiger partial charge in [-0.3, -0.25) is 4.79 Å². The summed E-state index contributed by atoms with van der Waals surface area (Å²) >= 11 is 0. The minimum Gasteiger partial charge on any atom is -0.481 e. The van der Waals surface area contributed by atoms with Gasteiger partial charge in [0, 0.05) is 19.6 Å². The van der Waals surface area contributed by atoms with Gasteiger partial charge in [0.1, 0.15) is 0 Å². The first-order valence-corrected chi connectivity index (χ1v) is 7.35. The number of carboxylic acid groups (broad SMARTS) is 1. The molecular formula is C15H17F3N2O4. The number of nitrogens with zero attached hydrogens (tertiary/aromatic N) is 1. The molecule has 2 amide bonds. The lowest BCUT2D eigenvalue weighted by Crippen LogP contribution is -2.45. The standard InChI is InChI=1S/C15H17F3N2O4/c16-11-7-9(1-2-12(11)24-14(17)18)8-19-15(23)20-5-3-10(4-6-20)13(21)22/h1-2,7,10,14H,3-6,8H2,(H,19,23)(H,21,22). The van der Waals surface area contributed by atoms with Gasteiger partial charge >= 0.3 is 18.6 Å². The number of carbonyl (C=O) groups excluding carboxylic acids is 1. The summed E-state index contributed by atoms with van der Waals surface area (Å²) in [4.78, 5) is 24.3. The van der Waals surface area contributed by atoms with E-state index in [4.69, 9.17) is 5.11 Å². The van der Waals surface area contributed by atoms with Crippen molar-refractivity contribution in [2.45, 2.75) is 26.0 Å². The fourth-order valence-electron chi connectivity index (χ4n) is 2.46. The summed E-state index contributed by atoms with van der Waals surface area (Å²) in [5.74, 6) is -2.80. The third-order valence-corrected chi connectivity index (χ3v) is 3.79. The van der Waals surface area contributed by atoms with Crippen LogP contribution in [0.1, 0.15) is 18.4 Å². The normalized spacial score (nSPS) is 15.4. The average Bonchev–Trinajstić information content (AvgIpc) is 2.54. The van der Waals surface area contributed by atoms with Crippen LogP contribution in [0, 0.1) is 11.7 Å². The van der Waals surface area contributed by atoms with E-state index in [1.54, 1.807) is 0 Å². The maximum atomic E-state index is 13.6. The Hall–Kier alpha value is -2.45. The minimum absolute atomic E-state index is 0.0174. The molecule has 1 saturated heterocycles. The molecule has 1 fully saturated rings. The maximum Gasteiger partial charge on any atom is 0.387 e. The molecule has 0 atom stereocenters. The highest BCUT2D eigenvalue weighted by Gasteiger charge is 2.26. The number of amides is 2. The molecule has 1 aromatic carbocycles. The van der Waals surface area contributed by atoms with E-state index in [0.717, 1.165) is 12.1 Å². The summed E-state index contributed by atoms with van der Waals surface area (Å²) in [6.45, 7) is -2.43. The first-order chi connectivity index (χ1) is 11.4. The highest BCUT2D eigenvalue weighted by molar-refractivity contribution is 5.75. The number of alkyl halides is 2. The van der Waals surface area contributed by atoms with Crippen molar-refractivity contribution in [3.63, 3.8) is 0 Å². The van der Waals surface area contributed by atoms with Gasteiger partial charge in [-0.05, 0) is 30.5 Å². The predicted molar refractivity (Wildman–Crippen MR) is 77.2 cm³/mol. The summed E-state index contributed by atoms with van der Waals surface area (Å²) in [6.07, 6.45) is 0.772. The number of carbonyl (C=O) groups is 2. The second-order valence-electron chi connectivity index (χ2n) is 5.40. The minimum atomic E-state index is -3.11. The Labute approximate surface area is 136 Å². The second kappa shape index (κ2) is 7.89. The van der Waals surface area contributed by atoms with Crippen LogP contribution in [0.4, 0.5) is 18.0 Å². The highest BCUT2D eigenvalue weighted by Crippen LogP contribution is 2.21. The van der Waals surface area contributed by atoms with E-state index >= 15 is 0 Å². The number of aliphatic carboxylic acids is 1. The fourth-order valence-corrected chi connectivity index (χ4v) is 2.46. The van der Waals surface area contributed by atoms with Crippen LogP contribution in [-0.2, 0) is 11.3 Å². The number of hydrogen-bond acceptors (Lipinski definition) is 3. The molecule has 0 radical (unpaired) electrons. The third kappa shape index (κ3) is 4.77. The Morgan fingerprint density at radius 3 is 2.54 bits per heavy atom. The zero-order valence-corrected chi connectivity index (χ0v) is 12.7. The molecule has 1 aromatic rings. The molecule has 1 heterocycles. The van der Waals surface area contributed by atoms with E-state index in [0.29, 0.717) is 31.5 Å². The maximum absolute atomic E-state index is 13.6. The summed E-state index contributed by atoms with van der Waals surface area (Å²) in [6, 6.07) is 3.07. The van der Waals surface area contributed by atoms with E-state index in [2.05, 4.69) is 10.1 Å². The number of benzene rings is 1. The van der Waals surface area contributed by atoms with Crippen molar-refractivity contribution in [2.24, 2.45) is 5.92 Å². The molecule has 0 spiro atoms. The predicted octanol–water partition coefficient (Wildman–Crippen LogP) is 2.43. The topological polar surface area (TPSA) is 78.9 Å². The molecule has 1 aliphatic rings. The lowest BCUT2D eigenvalue weighted by Gasteiger charge is -2.30. The van der Waals surface area contributed by atoms with Crippen molar-refractivity contribution < 1.29 is 32.6 Å². The smallest absolute Gasteiger partial charge is 0.387 e. The van der Waals surface area contributed by atoms with E-state index in [1.165, 1.54) is 11.0 Å². The molecule has 9 heteroatoms. The number of hydrogen-bond donors (Lipinski definition) is 2. The number of nitrogens with one attached hydrogen (secondary N) is 1. The number of halogens is 3. The molecule has 6 nitrogen and oxygen atoms in total. The Balaban J connectivity index is 1.84. The number of urea groups is 1. The molecule has 24 heavy (non-hydrogen) atoms. The number of ether oxygens (including phenoxy) is 1. The van der Waals surface area contributed by atoms with E-state index in [-0.39, 0.29) is 12.6 Å². The Morgan fingerprint density at radius 2 is 2.00 bits per heavy atom. The SMILES string of the molecule is O=C(O)C1CCN(C(=O)NCc2ccc(OC(F)F)c(F)c2)CC1. The summed E-state index contributed by atoms with van der Waals surface area (Å²) < 4.78 is 41.7. The Morgan fingerprint density at radius 1 is 1.33 bits per heavy atom. The largest absolute Gasteiger partial charge is 0.481 e. The third-order valence-electron chi connectivity index (χ3n) is 3.79. The number of likely N-dealkylation sites (tertiary alicyclic amines) is 1. The number of carboxylic acids is 1. The van der Waals surface area contributed by atoms with Crippen molar-refractivity contribution in [1.29, 1.82) is 0 Å². The van der Waals surface area contributed by atoms with Crippen molar-refractivity contribution in [3.8, 4) is 5.75 Å². The zero-order valence-electron chi connectivity index (χ0n) is 12.7. The monoisotopic (exact) mass is 346 g/mol. The molecule has 132 valence electrons. The Bertz CT molecular complexity index is 604. The van der Waals surface area contributed by atoms with Crippen LogP contribution in [0.3, 0.4) is 0 Å². The van der Waals surface area contributed by atoms with Gasteiger partial charge in [0.25, 0.3) is 0 Å². The fraction of sp³-hybridized carbons (Fsp3) is 0.467. The Kier molecular flexibility index (Phi) is 5.88. The van der Waals surface area contributed by atoms with Crippen molar-refractivity contribution in [2.75, 3.05) is 13.1 Å². The number of rotatable bonds is 5. The lowest BCUT2D eigenvalue weighted by molar-refractivity contribution is -0.143. The van der Waals surface area contributed by atoms with E-state index in [1.807, 2.05) is 0 Å². The first kappa shape index (κ1) is 17.9. The highest BCUT2D eigenvalue weighted by atomic mass is 19.3. The van der Waals surface area contributed by atoms with Crippen molar-refractivity contribution >= 4 is 12.0 Å². The quantitative estimate of drug-likeness (QED) is 0.858. The summed E-state index contributed by atoms with van der Waals surface area (Å²) in [7, 11) is 0. The van der Waals surface area contributed by atoms with Gasteiger partial charge < -0.3 is 20.1 Å². The molecule has 1 aliphatic heterocycles. The van der Waals surface area contributed by atoms with Gasteiger partial charge in [0.2, 0.25) is 0 Å². The lowest BCUT2D eigenvalue weighted by atomic mass is 9.97. The van der Waals surface area contributed by atoms with Gasteiger partial charge in [-0.15, -0.1) is 0 Å². The second-order valence-corrected chi connectivity index (χ2v) is 5.40. The van der Waals surface area contributed by atoms with Gasteiger partial charge in [-0.1, -0.05) is 6.07 Å². The molecule has 0 bridgehead atoms. The van der Waals surface area contributed by atoms with Crippen LogP contribution in [0.25, 0.3) is 0 Å². The van der Waals surface area contributed by atoms with Gasteiger partial charge in [0.15, 0.2) is 11.6 Å². The van der Waals surface area contributed by atoms with Crippen LogP contribution in [0.2, 0.25) is 0 Å². The zero-order chi connectivity index (χ0) is 17.7. The van der Waals surface area contributed by atoms with Crippen LogP contribution >= 0.6 is 0 Å². The van der Waals surface area contributed by atoms with Crippen LogP contribution in [0.15, 0.2) is 18.2 Å². The van der Waals surface area contributed by atoms with Gasteiger partial charge in [0.05, 0.1) is 5.92 Å². The average molecular weight is 346 g/mol. The van der Waals surface area contributed by atoms with E-state index < -0.39 is 30.1 Å². The molecule has 0 aliphatic carbocycles. The first-order valence-electron chi connectivity index (χ1n) is 7.35. The molecule has 2 rings (SSSR count). The molecule has 0 aromatic heterocycles. The molecule has 0 saturated carbocycles. The van der Waals surface area contributed by atoms with Crippen LogP contribution in [-0.4, -0.2) is 41.7 Å². The molecular weight excluding hydrogens is 329 g/mol. The molecule has 0 unspecified atom stereocenters. The summed E-state index contributed by atoms with van der Waals surface area (Å²) in [5.41, 5.74) is 0.392. The summed E-state index contributed by atoms with van der Waals surface area (Å²) in [5, 5.41) is 11.5. The van der Waals surface area contributed by atoms with Gasteiger partial charge in [-0.2, -0.15) is 8.78 Å². The molecule has 2 N–H and O–H groups in total. The van der Waals surface area contributed by atoms with Crippen molar-refractivity contribution in [1.82, 2.24) is 10.2 Å². The number of piperidine rings is 1. The van der Waals surface area contributed by atoms with E-state index in [9.17, 15) is 22.8 Å². The van der Waals surface area contributed by atoms with Crippen LogP contribution < -0.4 is 10.1 Å². The van der Waals surface area contributed by atoms with Crippen LogP contribution in [0.5, 0.6) is 5.75 Å². The van der Waals surface area contributed by atoms with Gasteiger partial charge in [-0.25, -0.2) is 9.18 Å².